The number of nitrogens with one attached hydrogen (secondary N) is 1. The summed E-state index contributed by atoms with van der Waals surface area (Å²) in [5.74, 6) is -2.09. The van der Waals surface area contributed by atoms with Crippen LogP contribution in [0.1, 0.15) is 34.6 Å². The predicted octanol–water partition coefficient (Wildman–Crippen LogP) is 1.16. The van der Waals surface area contributed by atoms with E-state index in [-0.39, 0.29) is 0 Å². The molecule has 7 nitrogen and oxygen atoms in total. The Labute approximate surface area is 112 Å². The van der Waals surface area contributed by atoms with Gasteiger partial charge in [-0.05, 0) is 34.6 Å². The molecular weight excluding hydrogens is 254 g/mol. The highest BCUT2D eigenvalue weighted by atomic mass is 16.6. The molecule has 2 N–H and O–H groups in total. The van der Waals surface area contributed by atoms with Gasteiger partial charge in [0.1, 0.15) is 11.6 Å². The monoisotopic (exact) mass is 275 g/mol. The summed E-state index contributed by atoms with van der Waals surface area (Å²) in [4.78, 5) is 34.3. The van der Waals surface area contributed by atoms with E-state index in [0.717, 1.165) is 7.11 Å². The van der Waals surface area contributed by atoms with Crippen molar-refractivity contribution in [1.82, 2.24) is 5.32 Å². The van der Waals surface area contributed by atoms with Crippen LogP contribution in [0.2, 0.25) is 0 Å². The Hall–Kier alpha value is -1.79. The summed E-state index contributed by atoms with van der Waals surface area (Å²) in [6.45, 7) is 7.68. The van der Waals surface area contributed by atoms with Crippen molar-refractivity contribution >= 4 is 18.0 Å². The lowest BCUT2D eigenvalue weighted by atomic mass is 9.84. The lowest BCUT2D eigenvalue weighted by molar-refractivity contribution is -0.159. The van der Waals surface area contributed by atoms with Gasteiger partial charge >= 0.3 is 18.0 Å². The van der Waals surface area contributed by atoms with Crippen LogP contribution in [0.4, 0.5) is 4.79 Å². The van der Waals surface area contributed by atoms with E-state index in [0.29, 0.717) is 0 Å². The molecule has 0 heterocycles. The summed E-state index contributed by atoms with van der Waals surface area (Å²) in [5.41, 5.74) is -2.18. The second-order valence-electron chi connectivity index (χ2n) is 5.63. The Morgan fingerprint density at radius 3 is 1.89 bits per heavy atom. The second kappa shape index (κ2) is 5.90. The first-order valence-electron chi connectivity index (χ1n) is 5.72. The molecule has 0 spiro atoms. The standard InChI is InChI=1S/C12H21NO6/c1-11(2,3)19-10(17)13-7(8(14)15)12(4,5)9(16)18-6/h7H,1-6H3,(H,13,17)(H,14,15)/t7-/m1/s1. The maximum absolute atomic E-state index is 11.6. The molecule has 19 heavy (non-hydrogen) atoms. The van der Waals surface area contributed by atoms with Crippen LogP contribution in [0.15, 0.2) is 0 Å². The third kappa shape index (κ3) is 5.15. The Morgan fingerprint density at radius 2 is 1.58 bits per heavy atom. The first-order chi connectivity index (χ1) is 8.41. The van der Waals surface area contributed by atoms with E-state index in [1.807, 2.05) is 0 Å². The molecule has 0 aliphatic carbocycles. The summed E-state index contributed by atoms with van der Waals surface area (Å²) in [6, 6.07) is -1.45. The lowest BCUT2D eigenvalue weighted by Crippen LogP contribution is -2.54. The predicted molar refractivity (Wildman–Crippen MR) is 66.6 cm³/mol. The van der Waals surface area contributed by atoms with Crippen molar-refractivity contribution in [3.63, 3.8) is 0 Å². The number of carbonyl (C=O) groups excluding carboxylic acids is 2. The summed E-state index contributed by atoms with van der Waals surface area (Å²) >= 11 is 0. The van der Waals surface area contributed by atoms with E-state index >= 15 is 0 Å². The number of methoxy groups -OCH3 is 1. The molecule has 0 aromatic carbocycles. The van der Waals surface area contributed by atoms with Gasteiger partial charge in [0.25, 0.3) is 0 Å². The smallest absolute Gasteiger partial charge is 0.408 e. The third-order valence-corrected chi connectivity index (χ3v) is 2.34. The minimum atomic E-state index is -1.45. The highest BCUT2D eigenvalue weighted by Crippen LogP contribution is 2.23. The molecule has 0 saturated carbocycles. The number of alkyl carbamates (subject to hydrolysis) is 1. The fourth-order valence-corrected chi connectivity index (χ4v) is 1.36. The highest BCUT2D eigenvalue weighted by Gasteiger charge is 2.44. The number of carboxylic acids is 1. The molecule has 110 valence electrons. The second-order valence-corrected chi connectivity index (χ2v) is 5.63. The highest BCUT2D eigenvalue weighted by molar-refractivity contribution is 5.89. The average Bonchev–Trinajstić information content (AvgIpc) is 2.21. The molecule has 0 fully saturated rings. The zero-order valence-corrected chi connectivity index (χ0v) is 12.1. The zero-order chi connectivity index (χ0) is 15.4. The summed E-state index contributed by atoms with van der Waals surface area (Å²) < 4.78 is 9.50. The molecular formula is C12H21NO6. The van der Waals surface area contributed by atoms with Gasteiger partial charge < -0.3 is 19.9 Å². The summed E-state index contributed by atoms with van der Waals surface area (Å²) in [5, 5.41) is 11.3. The van der Waals surface area contributed by atoms with E-state index < -0.39 is 35.1 Å². The molecule has 0 aromatic heterocycles. The first-order valence-corrected chi connectivity index (χ1v) is 5.72. The summed E-state index contributed by atoms with van der Waals surface area (Å²) in [6.07, 6.45) is -0.906. The van der Waals surface area contributed by atoms with Gasteiger partial charge in [-0.25, -0.2) is 9.59 Å². The van der Waals surface area contributed by atoms with Crippen LogP contribution in [0.3, 0.4) is 0 Å². The van der Waals surface area contributed by atoms with Crippen LogP contribution in [0.5, 0.6) is 0 Å². The van der Waals surface area contributed by atoms with Gasteiger partial charge in [-0.15, -0.1) is 0 Å². The Bertz CT molecular complexity index is 369. The van der Waals surface area contributed by atoms with E-state index in [2.05, 4.69) is 10.1 Å². The van der Waals surface area contributed by atoms with E-state index in [4.69, 9.17) is 9.84 Å². The van der Waals surface area contributed by atoms with Gasteiger partial charge in [-0.1, -0.05) is 0 Å². The number of hydrogen-bond donors (Lipinski definition) is 2. The van der Waals surface area contributed by atoms with Crippen molar-refractivity contribution in [3.05, 3.63) is 0 Å². The quantitative estimate of drug-likeness (QED) is 0.746. The number of carboxylic acid groups (broad SMARTS) is 1. The Morgan fingerprint density at radius 1 is 1.11 bits per heavy atom. The number of amides is 1. The number of hydrogen-bond acceptors (Lipinski definition) is 5. The molecule has 0 bridgehead atoms. The number of ether oxygens (including phenoxy) is 2. The van der Waals surface area contributed by atoms with Crippen LogP contribution < -0.4 is 5.32 Å². The fraction of sp³-hybridized carbons (Fsp3) is 0.750. The molecule has 7 heteroatoms. The zero-order valence-electron chi connectivity index (χ0n) is 12.1. The first kappa shape index (κ1) is 17.2. The van der Waals surface area contributed by atoms with Gasteiger partial charge in [-0.2, -0.15) is 0 Å². The molecule has 0 unspecified atom stereocenters. The Balaban J connectivity index is 5.01. The van der Waals surface area contributed by atoms with E-state index in [9.17, 15) is 14.4 Å². The molecule has 0 rings (SSSR count). The number of esters is 1. The van der Waals surface area contributed by atoms with Crippen molar-refractivity contribution in [3.8, 4) is 0 Å². The van der Waals surface area contributed by atoms with E-state index in [1.165, 1.54) is 13.8 Å². The van der Waals surface area contributed by atoms with Crippen molar-refractivity contribution in [2.24, 2.45) is 5.41 Å². The molecule has 0 aliphatic rings. The van der Waals surface area contributed by atoms with Gasteiger partial charge in [0.15, 0.2) is 0 Å². The van der Waals surface area contributed by atoms with Crippen LogP contribution in [0.25, 0.3) is 0 Å². The molecule has 1 amide bonds. The van der Waals surface area contributed by atoms with Crippen LogP contribution in [-0.4, -0.2) is 41.9 Å². The maximum Gasteiger partial charge on any atom is 0.408 e. The molecule has 0 radical (unpaired) electrons. The van der Waals surface area contributed by atoms with Crippen molar-refractivity contribution in [2.45, 2.75) is 46.3 Å². The van der Waals surface area contributed by atoms with Crippen molar-refractivity contribution in [2.75, 3.05) is 7.11 Å². The van der Waals surface area contributed by atoms with Gasteiger partial charge in [0.05, 0.1) is 12.5 Å². The molecule has 0 aromatic rings. The van der Waals surface area contributed by atoms with Gasteiger partial charge in [0, 0.05) is 0 Å². The SMILES string of the molecule is COC(=O)C(C)(C)[C@H](NC(=O)OC(C)(C)C)C(=O)O. The number of carbonyl (C=O) groups is 3. The summed E-state index contributed by atoms with van der Waals surface area (Å²) in [7, 11) is 1.15. The lowest BCUT2D eigenvalue weighted by Gasteiger charge is -2.30. The molecule has 0 aliphatic heterocycles. The van der Waals surface area contributed by atoms with Crippen LogP contribution >= 0.6 is 0 Å². The average molecular weight is 275 g/mol. The van der Waals surface area contributed by atoms with Crippen molar-refractivity contribution < 1.29 is 29.0 Å². The van der Waals surface area contributed by atoms with Crippen LogP contribution in [-0.2, 0) is 19.1 Å². The van der Waals surface area contributed by atoms with Crippen LogP contribution in [0, 0.1) is 5.41 Å². The number of rotatable bonds is 4. The molecule has 1 atom stereocenters. The minimum absolute atomic E-state index is 0.740. The topological polar surface area (TPSA) is 102 Å². The molecule has 0 saturated heterocycles. The fourth-order valence-electron chi connectivity index (χ4n) is 1.36. The maximum atomic E-state index is 11.6. The van der Waals surface area contributed by atoms with Crippen molar-refractivity contribution in [1.29, 1.82) is 0 Å². The number of aliphatic carboxylic acids is 1. The van der Waals surface area contributed by atoms with Gasteiger partial charge in [0.2, 0.25) is 0 Å². The third-order valence-electron chi connectivity index (χ3n) is 2.34. The normalized spacial score (nSPS) is 13.4. The minimum Gasteiger partial charge on any atom is -0.480 e. The van der Waals surface area contributed by atoms with Gasteiger partial charge in [-0.3, -0.25) is 4.79 Å². The van der Waals surface area contributed by atoms with E-state index in [1.54, 1.807) is 20.8 Å². The Kier molecular flexibility index (Phi) is 5.34. The largest absolute Gasteiger partial charge is 0.480 e.